The maximum atomic E-state index is 2.34. The van der Waals surface area contributed by atoms with Crippen molar-refractivity contribution in [1.29, 1.82) is 0 Å². The Morgan fingerprint density at radius 2 is 1.50 bits per heavy atom. The Bertz CT molecular complexity index is 585. The minimum atomic E-state index is 0. The van der Waals surface area contributed by atoms with Gasteiger partial charge in [0.25, 0.3) is 0 Å². The fourth-order valence-electron chi connectivity index (χ4n) is 2.92. The first-order valence-corrected chi connectivity index (χ1v) is 8.16. The number of allylic oxidation sites excluding steroid dienone is 4. The zero-order valence-corrected chi connectivity index (χ0v) is 17.4. The molecule has 119 valence electrons. The molecule has 2 rings (SSSR count). The van der Waals surface area contributed by atoms with Crippen LogP contribution in [0.2, 0.25) is 0 Å². The molecule has 1 aromatic carbocycles. The second kappa shape index (κ2) is 7.71. The fraction of sp³-hybridized carbons (Fsp3) is 0.474. The van der Waals surface area contributed by atoms with Crippen molar-refractivity contribution in [3.05, 3.63) is 47.1 Å². The van der Waals surface area contributed by atoms with E-state index in [0.29, 0.717) is 0 Å². The van der Waals surface area contributed by atoms with E-state index in [1.165, 1.54) is 26.1 Å². The molecule has 3 heteroatoms. The van der Waals surface area contributed by atoms with Gasteiger partial charge in [0, 0.05) is 0 Å². The number of benzene rings is 1. The van der Waals surface area contributed by atoms with Gasteiger partial charge < -0.3 is 24.8 Å². The topological polar surface area (TPSA) is 0 Å². The number of halogens is 2. The maximum Gasteiger partial charge on any atom is -1.00 e. The summed E-state index contributed by atoms with van der Waals surface area (Å²) < 4.78 is 1.47. The van der Waals surface area contributed by atoms with Crippen LogP contribution in [0.3, 0.4) is 0 Å². The zero-order chi connectivity index (χ0) is 15.1. The molecule has 0 spiro atoms. The second-order valence-corrected chi connectivity index (χ2v) is 8.52. The molecule has 0 aliphatic heterocycles. The smallest absolute Gasteiger partial charge is 1.00 e. The van der Waals surface area contributed by atoms with Crippen molar-refractivity contribution < 1.29 is 45.2 Å². The number of hydrogen-bond donors (Lipinski definition) is 0. The fourth-order valence-corrected chi connectivity index (χ4v) is 4.43. The van der Waals surface area contributed by atoms with Crippen LogP contribution in [0.5, 0.6) is 0 Å². The van der Waals surface area contributed by atoms with Gasteiger partial charge in [0.2, 0.25) is 0 Å². The van der Waals surface area contributed by atoms with Gasteiger partial charge in [-0.05, 0) is 0 Å². The average Bonchev–Trinajstić information content (AvgIpc) is 2.77. The first kappa shape index (κ1) is 22.0. The van der Waals surface area contributed by atoms with Crippen LogP contribution in [0.25, 0.3) is 5.57 Å². The Hall–Kier alpha value is -0.00571. The van der Waals surface area contributed by atoms with Crippen molar-refractivity contribution >= 4 is 9.44 Å². The van der Waals surface area contributed by atoms with Crippen LogP contribution in [-0.2, 0) is 31.3 Å². The predicted octanol–water partition coefficient (Wildman–Crippen LogP) is -1.19. The Morgan fingerprint density at radius 3 is 1.91 bits per heavy atom. The third kappa shape index (κ3) is 4.51. The molecular weight excluding hydrogens is 347 g/mol. The molecule has 1 aliphatic rings. The van der Waals surface area contributed by atoms with E-state index in [9.17, 15) is 0 Å². The molecule has 0 saturated carbocycles. The molecule has 1 aliphatic carbocycles. The summed E-state index contributed by atoms with van der Waals surface area (Å²) in [6.07, 6.45) is 7.75. The van der Waals surface area contributed by atoms with Crippen LogP contribution in [-0.4, -0.2) is 0 Å². The predicted molar refractivity (Wildman–Crippen MR) is 85.2 cm³/mol. The third-order valence-electron chi connectivity index (χ3n) is 3.88. The van der Waals surface area contributed by atoms with Gasteiger partial charge >= 0.3 is 136 Å². The zero-order valence-electron chi connectivity index (χ0n) is 14.3. The first-order chi connectivity index (χ1) is 9.12. The van der Waals surface area contributed by atoms with Crippen LogP contribution in [0.1, 0.15) is 64.7 Å². The van der Waals surface area contributed by atoms with Crippen molar-refractivity contribution in [2.75, 3.05) is 0 Å². The maximum absolute atomic E-state index is 2.34. The first-order valence-electron chi connectivity index (χ1n) is 7.38. The summed E-state index contributed by atoms with van der Waals surface area (Å²) in [7, 11) is 0. The van der Waals surface area contributed by atoms with E-state index >= 15 is 0 Å². The second-order valence-electron chi connectivity index (χ2n) is 7.73. The van der Waals surface area contributed by atoms with Gasteiger partial charge in [0.15, 0.2) is 0 Å². The van der Waals surface area contributed by atoms with Gasteiger partial charge in [-0.2, -0.15) is 0 Å². The van der Waals surface area contributed by atoms with Crippen LogP contribution < -0.4 is 28.7 Å². The normalized spacial score (nSPS) is 14.3. The van der Waals surface area contributed by atoms with Gasteiger partial charge in [-0.1, -0.05) is 0 Å². The van der Waals surface area contributed by atoms with E-state index in [-0.39, 0.29) is 35.6 Å². The van der Waals surface area contributed by atoms with Crippen molar-refractivity contribution in [1.82, 2.24) is 0 Å². The van der Waals surface area contributed by atoms with Crippen molar-refractivity contribution in [2.45, 2.75) is 58.8 Å². The van der Waals surface area contributed by atoms with Gasteiger partial charge in [0.1, 0.15) is 0 Å². The van der Waals surface area contributed by atoms with E-state index in [2.05, 4.69) is 92.3 Å². The molecule has 0 atom stereocenters. The minimum absolute atomic E-state index is 0. The Morgan fingerprint density at radius 1 is 0.909 bits per heavy atom. The molecule has 0 bridgehead atoms. The molecular formula is C19H25Cl2Ti. The Kier molecular flexibility index (Phi) is 7.71. The third-order valence-corrected chi connectivity index (χ3v) is 4.69. The molecule has 0 saturated heterocycles. The molecule has 0 fully saturated rings. The minimum Gasteiger partial charge on any atom is -1.00 e. The van der Waals surface area contributed by atoms with Gasteiger partial charge in [-0.15, -0.1) is 0 Å². The SMILES string of the molecule is CC(C)(C)c1ccc(C2=CC=CC2)c(C(C)(C)C)[c]1[Ti+2].[Cl-].[Cl-]. The van der Waals surface area contributed by atoms with Gasteiger partial charge in [-0.25, -0.2) is 0 Å². The van der Waals surface area contributed by atoms with Crippen LogP contribution in [0.4, 0.5) is 0 Å². The van der Waals surface area contributed by atoms with Crippen LogP contribution in [0.15, 0.2) is 30.4 Å². The number of rotatable bonds is 1. The molecule has 22 heavy (non-hydrogen) atoms. The molecule has 0 unspecified atom stereocenters. The van der Waals surface area contributed by atoms with Crippen molar-refractivity contribution in [3.63, 3.8) is 0 Å². The molecule has 0 heterocycles. The largest absolute Gasteiger partial charge is 1.00 e. The molecule has 0 radical (unpaired) electrons. The summed E-state index contributed by atoms with van der Waals surface area (Å²) in [5.74, 6) is 0. The Labute approximate surface area is 160 Å². The summed E-state index contributed by atoms with van der Waals surface area (Å²) >= 11 is 2.30. The summed E-state index contributed by atoms with van der Waals surface area (Å²) in [4.78, 5) is 0. The molecule has 0 N–H and O–H groups in total. The van der Waals surface area contributed by atoms with E-state index in [4.69, 9.17) is 0 Å². The molecule has 0 amide bonds. The van der Waals surface area contributed by atoms with Gasteiger partial charge in [0.05, 0.1) is 0 Å². The van der Waals surface area contributed by atoms with Crippen LogP contribution in [0, 0.1) is 0 Å². The van der Waals surface area contributed by atoms with Crippen LogP contribution >= 0.6 is 0 Å². The quantitative estimate of drug-likeness (QED) is 0.544. The average molecular weight is 372 g/mol. The Balaban J connectivity index is 0.00000220. The summed E-state index contributed by atoms with van der Waals surface area (Å²) in [5.41, 5.74) is 6.25. The van der Waals surface area contributed by atoms with E-state index in [1.54, 1.807) is 0 Å². The van der Waals surface area contributed by atoms with E-state index in [0.717, 1.165) is 6.42 Å². The molecule has 1 aromatic rings. The van der Waals surface area contributed by atoms with Crippen molar-refractivity contribution in [3.8, 4) is 0 Å². The van der Waals surface area contributed by atoms with E-state index < -0.39 is 0 Å². The summed E-state index contributed by atoms with van der Waals surface area (Å²) in [6.45, 7) is 13.9. The van der Waals surface area contributed by atoms with Crippen molar-refractivity contribution in [2.24, 2.45) is 0 Å². The standard InChI is InChI=1S/C19H25.2ClH.Ti/c1-18(2,3)15-11-12-16(14-9-7-8-10-14)17(13-15)19(4,5)6;;;/h7-9,11-12H,10H2,1-6H3;2*1H;/q;;;+2/p-2. The summed E-state index contributed by atoms with van der Waals surface area (Å²) in [6, 6.07) is 4.67. The molecule has 0 nitrogen and oxygen atoms in total. The van der Waals surface area contributed by atoms with Gasteiger partial charge in [-0.3, -0.25) is 0 Å². The van der Waals surface area contributed by atoms with E-state index in [1.807, 2.05) is 0 Å². The monoisotopic (exact) mass is 371 g/mol. The number of hydrogen-bond acceptors (Lipinski definition) is 0. The summed E-state index contributed by atoms with van der Waals surface area (Å²) in [5, 5.41) is 0. The molecule has 0 aromatic heterocycles.